The summed E-state index contributed by atoms with van der Waals surface area (Å²) >= 11 is 5.97. The molecule has 0 spiro atoms. The van der Waals surface area contributed by atoms with Crippen LogP contribution >= 0.6 is 11.6 Å². The summed E-state index contributed by atoms with van der Waals surface area (Å²) < 4.78 is 60.5. The Kier molecular flexibility index (Phi) is 6.66. The molecule has 3 N–H and O–H groups in total. The first-order chi connectivity index (χ1) is 15.2. The molecular formula is C20H16ClF4N5O2. The van der Waals surface area contributed by atoms with Crippen LogP contribution in [-0.2, 0) is 10.3 Å². The van der Waals surface area contributed by atoms with Gasteiger partial charge in [-0.25, -0.2) is 22.5 Å². The summed E-state index contributed by atoms with van der Waals surface area (Å²) in [5.74, 6) is -2.32. The van der Waals surface area contributed by atoms with E-state index >= 15 is 0 Å². The highest BCUT2D eigenvalue weighted by molar-refractivity contribution is 6.34. The van der Waals surface area contributed by atoms with E-state index < -0.39 is 55.3 Å². The smallest absolute Gasteiger partial charge is 0.275 e. The summed E-state index contributed by atoms with van der Waals surface area (Å²) in [4.78, 5) is 20.2. The van der Waals surface area contributed by atoms with Crippen molar-refractivity contribution in [3.05, 3.63) is 58.1 Å². The zero-order valence-corrected chi connectivity index (χ0v) is 17.1. The minimum absolute atomic E-state index is 0.0306. The van der Waals surface area contributed by atoms with Crippen LogP contribution in [-0.4, -0.2) is 49.0 Å². The molecule has 1 aliphatic heterocycles. The molecule has 0 saturated carbocycles. The van der Waals surface area contributed by atoms with E-state index in [1.54, 1.807) is 0 Å². The molecule has 32 heavy (non-hydrogen) atoms. The van der Waals surface area contributed by atoms with Crippen molar-refractivity contribution >= 4 is 29.0 Å². The van der Waals surface area contributed by atoms with Gasteiger partial charge in [0.2, 0.25) is 0 Å². The van der Waals surface area contributed by atoms with E-state index in [0.29, 0.717) is 0 Å². The van der Waals surface area contributed by atoms with Crippen molar-refractivity contribution in [2.75, 3.05) is 31.9 Å². The third kappa shape index (κ3) is 4.11. The lowest BCUT2D eigenvalue weighted by Crippen LogP contribution is -2.58. The van der Waals surface area contributed by atoms with Crippen LogP contribution in [0.15, 0.2) is 35.5 Å². The van der Waals surface area contributed by atoms with Gasteiger partial charge in [-0.3, -0.25) is 9.79 Å². The molecule has 0 radical (unpaired) electrons. The molecule has 12 heteroatoms. The first kappa shape index (κ1) is 23.4. The maximum absolute atomic E-state index is 14.6. The molecule has 1 aliphatic rings. The Morgan fingerprint density at radius 3 is 2.56 bits per heavy atom. The number of amidine groups is 1. The van der Waals surface area contributed by atoms with Crippen molar-refractivity contribution in [2.24, 2.45) is 10.7 Å². The Hall–Kier alpha value is -3.23. The molecular weight excluding hydrogens is 454 g/mol. The normalized spacial score (nSPS) is 19.7. The molecule has 0 bridgehead atoms. The van der Waals surface area contributed by atoms with Gasteiger partial charge in [0.25, 0.3) is 5.91 Å². The lowest BCUT2D eigenvalue weighted by molar-refractivity contribution is -0.0644. The van der Waals surface area contributed by atoms with Crippen molar-refractivity contribution in [3.8, 4) is 6.07 Å². The van der Waals surface area contributed by atoms with Crippen LogP contribution in [0.4, 0.5) is 23.2 Å². The molecule has 0 fully saturated rings. The quantitative estimate of drug-likeness (QED) is 0.631. The molecule has 1 atom stereocenters. The van der Waals surface area contributed by atoms with Gasteiger partial charge >= 0.3 is 0 Å². The Balaban J connectivity index is 1.96. The summed E-state index contributed by atoms with van der Waals surface area (Å²) in [5.41, 5.74) is 1.12. The standard InChI is InChI=1S/C20H16ClF4N5O2/c21-14-3-11(5-26)6-28-16(14)17(31)29-12-1-2-15(25)13(4-12)19(7-22)10-32-20(8-23,9-24)18(27)30-19/h1-4,6H,7-10H2,(H2,27,30)(H,29,31). The van der Waals surface area contributed by atoms with Crippen LogP contribution in [0.5, 0.6) is 0 Å². The van der Waals surface area contributed by atoms with Crippen LogP contribution in [0.2, 0.25) is 5.02 Å². The largest absolute Gasteiger partial charge is 0.385 e. The van der Waals surface area contributed by atoms with Crippen LogP contribution in [0.1, 0.15) is 21.6 Å². The highest BCUT2D eigenvalue weighted by Gasteiger charge is 2.48. The summed E-state index contributed by atoms with van der Waals surface area (Å²) in [7, 11) is 0. The van der Waals surface area contributed by atoms with E-state index in [9.17, 15) is 22.4 Å². The van der Waals surface area contributed by atoms with E-state index in [-0.39, 0.29) is 27.5 Å². The predicted octanol–water partition coefficient (Wildman–Crippen LogP) is 3.23. The number of rotatable bonds is 6. The van der Waals surface area contributed by atoms with Gasteiger partial charge in [0, 0.05) is 17.4 Å². The Bertz CT molecular complexity index is 1120. The first-order valence-electron chi connectivity index (χ1n) is 9.09. The van der Waals surface area contributed by atoms with E-state index in [0.717, 1.165) is 18.3 Å². The van der Waals surface area contributed by atoms with Gasteiger partial charge in [-0.05, 0) is 24.3 Å². The van der Waals surface area contributed by atoms with E-state index in [4.69, 9.17) is 27.3 Å². The number of nitrogens with two attached hydrogens (primary N) is 1. The molecule has 1 aromatic carbocycles. The van der Waals surface area contributed by atoms with Gasteiger partial charge in [-0.15, -0.1) is 0 Å². The number of aromatic nitrogens is 1. The number of carbonyl (C=O) groups excluding carboxylic acids is 1. The molecule has 1 unspecified atom stereocenters. The number of nitrogens with one attached hydrogen (secondary N) is 1. The average molecular weight is 470 g/mol. The molecule has 168 valence electrons. The van der Waals surface area contributed by atoms with Crippen molar-refractivity contribution in [1.82, 2.24) is 4.98 Å². The summed E-state index contributed by atoms with van der Waals surface area (Å²) in [5, 5.41) is 11.2. The fourth-order valence-corrected chi connectivity index (χ4v) is 3.29. The predicted molar refractivity (Wildman–Crippen MR) is 108 cm³/mol. The number of halogens is 5. The summed E-state index contributed by atoms with van der Waals surface area (Å²) in [6.07, 6.45) is 1.15. The molecule has 2 aromatic rings. The molecule has 7 nitrogen and oxygen atoms in total. The van der Waals surface area contributed by atoms with Crippen molar-refractivity contribution in [3.63, 3.8) is 0 Å². The van der Waals surface area contributed by atoms with Gasteiger partial charge in [-0.2, -0.15) is 5.26 Å². The molecule has 0 aliphatic carbocycles. The van der Waals surface area contributed by atoms with Crippen molar-refractivity contribution in [1.29, 1.82) is 5.26 Å². The molecule has 1 amide bonds. The fourth-order valence-electron chi connectivity index (χ4n) is 3.04. The van der Waals surface area contributed by atoms with Gasteiger partial charge in [0.05, 0.1) is 17.2 Å². The van der Waals surface area contributed by atoms with Crippen LogP contribution < -0.4 is 11.1 Å². The van der Waals surface area contributed by atoms with Crippen molar-refractivity contribution < 1.29 is 27.1 Å². The third-order valence-electron chi connectivity index (χ3n) is 4.95. The first-order valence-corrected chi connectivity index (χ1v) is 9.46. The number of anilines is 1. The monoisotopic (exact) mass is 469 g/mol. The molecule has 3 rings (SSSR count). The molecule has 0 saturated heterocycles. The maximum atomic E-state index is 14.6. The highest BCUT2D eigenvalue weighted by atomic mass is 35.5. The number of pyridine rings is 1. The van der Waals surface area contributed by atoms with E-state index in [1.165, 1.54) is 12.1 Å². The summed E-state index contributed by atoms with van der Waals surface area (Å²) in [6.45, 7) is -4.65. The van der Waals surface area contributed by atoms with E-state index in [2.05, 4.69) is 15.3 Å². The SMILES string of the molecule is N#Cc1cnc(C(=O)Nc2ccc(F)c(C3(CF)COC(CF)(CF)C(N)=N3)c2)c(Cl)c1. The number of hydrogen-bond donors (Lipinski definition) is 2. The number of nitriles is 1. The number of hydrogen-bond acceptors (Lipinski definition) is 6. The lowest BCUT2D eigenvalue weighted by Gasteiger charge is -2.40. The van der Waals surface area contributed by atoms with Gasteiger partial charge < -0.3 is 15.8 Å². The number of ether oxygens (including phenoxy) is 1. The van der Waals surface area contributed by atoms with Crippen LogP contribution in [0.25, 0.3) is 0 Å². The second kappa shape index (κ2) is 9.10. The van der Waals surface area contributed by atoms with Crippen LogP contribution in [0.3, 0.4) is 0 Å². The average Bonchev–Trinajstić information content (AvgIpc) is 2.80. The number of carbonyl (C=O) groups is 1. The second-order valence-corrected chi connectivity index (χ2v) is 7.43. The van der Waals surface area contributed by atoms with Crippen LogP contribution in [0, 0.1) is 17.1 Å². The van der Waals surface area contributed by atoms with Crippen molar-refractivity contribution in [2.45, 2.75) is 11.1 Å². The molecule has 1 aromatic heterocycles. The number of amides is 1. The minimum atomic E-state index is -2.15. The Morgan fingerprint density at radius 1 is 1.28 bits per heavy atom. The Morgan fingerprint density at radius 2 is 2.00 bits per heavy atom. The summed E-state index contributed by atoms with van der Waals surface area (Å²) in [6, 6.07) is 6.32. The van der Waals surface area contributed by atoms with E-state index in [1.807, 2.05) is 6.07 Å². The minimum Gasteiger partial charge on any atom is -0.385 e. The number of aliphatic imine (C=N–C) groups is 1. The zero-order chi connectivity index (χ0) is 23.5. The maximum Gasteiger partial charge on any atom is 0.275 e. The third-order valence-corrected chi connectivity index (χ3v) is 5.24. The Labute approximate surface area is 184 Å². The topological polar surface area (TPSA) is 113 Å². The highest BCUT2D eigenvalue weighted by Crippen LogP contribution is 2.37. The van der Waals surface area contributed by atoms with Gasteiger partial charge in [0.1, 0.15) is 49.0 Å². The lowest BCUT2D eigenvalue weighted by atomic mass is 9.88. The van der Waals surface area contributed by atoms with Gasteiger partial charge in [-0.1, -0.05) is 11.6 Å². The zero-order valence-electron chi connectivity index (χ0n) is 16.3. The second-order valence-electron chi connectivity index (χ2n) is 7.03. The number of alkyl halides is 3. The molecule has 2 heterocycles. The number of benzene rings is 1. The fraction of sp³-hybridized carbons (Fsp3) is 0.300. The number of nitrogens with zero attached hydrogens (tertiary/aromatic N) is 3. The van der Waals surface area contributed by atoms with Gasteiger partial charge in [0.15, 0.2) is 5.60 Å².